The Morgan fingerprint density at radius 2 is 1.67 bits per heavy atom. The Hall–Kier alpha value is -0.910. The number of hydrogen-bond acceptors (Lipinski definition) is 3. The second kappa shape index (κ2) is 5.71. The molecule has 21 heavy (non-hydrogen) atoms. The topological polar surface area (TPSA) is 40.6 Å². The molecule has 0 aromatic heterocycles. The Kier molecular flexibility index (Phi) is 4.08. The van der Waals surface area contributed by atoms with Gasteiger partial charge < -0.3 is 0 Å². The maximum Gasteiger partial charge on any atom is 0.218 e. The highest BCUT2D eigenvalue weighted by molar-refractivity contribution is 7.88. The fourth-order valence-corrected chi connectivity index (χ4v) is 5.65. The van der Waals surface area contributed by atoms with E-state index in [1.165, 1.54) is 0 Å². The van der Waals surface area contributed by atoms with Gasteiger partial charge in [0.15, 0.2) is 0 Å². The lowest BCUT2D eigenvalue weighted by Crippen LogP contribution is -2.57. The van der Waals surface area contributed by atoms with E-state index in [-0.39, 0.29) is 17.8 Å². The van der Waals surface area contributed by atoms with Crippen LogP contribution in [0.2, 0.25) is 0 Å². The first kappa shape index (κ1) is 15.0. The zero-order valence-corrected chi connectivity index (χ0v) is 13.6. The first-order valence-electron chi connectivity index (χ1n) is 7.76. The number of likely N-dealkylation sites (tertiary alicyclic amines) is 1. The SMILES string of the molecule is CC(C)N1CC2CCC(C1)N2S(=O)(=O)Cc1ccccc1. The zero-order chi connectivity index (χ0) is 15.0. The van der Waals surface area contributed by atoms with Crippen molar-refractivity contribution in [2.24, 2.45) is 0 Å². The van der Waals surface area contributed by atoms with Gasteiger partial charge in [0, 0.05) is 31.2 Å². The van der Waals surface area contributed by atoms with Crippen LogP contribution in [0.4, 0.5) is 0 Å². The molecule has 2 aliphatic heterocycles. The molecule has 0 aliphatic carbocycles. The van der Waals surface area contributed by atoms with Crippen molar-refractivity contribution in [3.8, 4) is 0 Å². The molecule has 2 heterocycles. The van der Waals surface area contributed by atoms with Gasteiger partial charge in [0.2, 0.25) is 10.0 Å². The third-order valence-electron chi connectivity index (χ3n) is 4.69. The molecule has 2 atom stereocenters. The molecule has 0 amide bonds. The molecule has 2 bridgehead atoms. The summed E-state index contributed by atoms with van der Waals surface area (Å²) in [4.78, 5) is 2.41. The molecule has 2 fully saturated rings. The van der Waals surface area contributed by atoms with Gasteiger partial charge in [-0.25, -0.2) is 8.42 Å². The van der Waals surface area contributed by atoms with Crippen LogP contribution in [0.1, 0.15) is 32.3 Å². The number of fused-ring (bicyclic) bond motifs is 2. The molecule has 2 aliphatic rings. The van der Waals surface area contributed by atoms with E-state index in [1.807, 2.05) is 34.6 Å². The lowest BCUT2D eigenvalue weighted by atomic mass is 10.2. The van der Waals surface area contributed by atoms with E-state index in [9.17, 15) is 8.42 Å². The summed E-state index contributed by atoms with van der Waals surface area (Å²) in [5, 5.41) is 0. The summed E-state index contributed by atoms with van der Waals surface area (Å²) in [5.41, 5.74) is 0.878. The third kappa shape index (κ3) is 3.00. The molecule has 1 aromatic rings. The molecule has 2 unspecified atom stereocenters. The molecule has 4 nitrogen and oxygen atoms in total. The van der Waals surface area contributed by atoms with E-state index < -0.39 is 10.0 Å². The van der Waals surface area contributed by atoms with Crippen molar-refractivity contribution in [3.63, 3.8) is 0 Å². The van der Waals surface area contributed by atoms with Gasteiger partial charge in [0.1, 0.15) is 0 Å². The number of nitrogens with zero attached hydrogens (tertiary/aromatic N) is 2. The first-order chi connectivity index (χ1) is 9.97. The van der Waals surface area contributed by atoms with Crippen LogP contribution in [0, 0.1) is 0 Å². The van der Waals surface area contributed by atoms with Gasteiger partial charge in [0.05, 0.1) is 5.75 Å². The minimum Gasteiger partial charge on any atom is -0.298 e. The van der Waals surface area contributed by atoms with Crippen molar-refractivity contribution in [3.05, 3.63) is 35.9 Å². The van der Waals surface area contributed by atoms with Gasteiger partial charge in [-0.2, -0.15) is 4.31 Å². The van der Waals surface area contributed by atoms with Crippen molar-refractivity contribution >= 4 is 10.0 Å². The van der Waals surface area contributed by atoms with Crippen LogP contribution in [0.25, 0.3) is 0 Å². The Balaban J connectivity index is 1.78. The number of rotatable bonds is 4. The summed E-state index contributed by atoms with van der Waals surface area (Å²) in [6, 6.07) is 10.3. The molecule has 5 heteroatoms. The van der Waals surface area contributed by atoms with E-state index in [4.69, 9.17) is 0 Å². The number of sulfonamides is 1. The minimum absolute atomic E-state index is 0.127. The number of piperazine rings is 1. The van der Waals surface area contributed by atoms with Crippen molar-refractivity contribution in [2.45, 2.75) is 50.6 Å². The van der Waals surface area contributed by atoms with Crippen molar-refractivity contribution in [1.29, 1.82) is 0 Å². The Morgan fingerprint density at radius 3 is 2.19 bits per heavy atom. The van der Waals surface area contributed by atoms with Gasteiger partial charge in [-0.05, 0) is 32.3 Å². The Labute approximate surface area is 127 Å². The molecule has 2 saturated heterocycles. The van der Waals surface area contributed by atoms with E-state index in [2.05, 4.69) is 18.7 Å². The average Bonchev–Trinajstić information content (AvgIpc) is 2.71. The fraction of sp³-hybridized carbons (Fsp3) is 0.625. The van der Waals surface area contributed by atoms with Crippen LogP contribution < -0.4 is 0 Å². The Morgan fingerprint density at radius 1 is 1.10 bits per heavy atom. The summed E-state index contributed by atoms with van der Waals surface area (Å²) in [6.45, 7) is 6.13. The normalized spacial score (nSPS) is 27.4. The molecular formula is C16H24N2O2S. The van der Waals surface area contributed by atoms with E-state index in [1.54, 1.807) is 0 Å². The highest BCUT2D eigenvalue weighted by atomic mass is 32.2. The monoisotopic (exact) mass is 308 g/mol. The molecule has 116 valence electrons. The third-order valence-corrected chi connectivity index (χ3v) is 6.62. The van der Waals surface area contributed by atoms with Crippen LogP contribution in [0.3, 0.4) is 0 Å². The first-order valence-corrected chi connectivity index (χ1v) is 9.37. The highest BCUT2D eigenvalue weighted by Crippen LogP contribution is 2.34. The van der Waals surface area contributed by atoms with E-state index >= 15 is 0 Å². The van der Waals surface area contributed by atoms with Crippen LogP contribution in [0.15, 0.2) is 30.3 Å². The van der Waals surface area contributed by atoms with Gasteiger partial charge in [-0.3, -0.25) is 4.90 Å². The number of hydrogen-bond donors (Lipinski definition) is 0. The fourth-order valence-electron chi connectivity index (χ4n) is 3.63. The predicted octanol–water partition coefficient (Wildman–Crippen LogP) is 2.07. The minimum atomic E-state index is -3.21. The summed E-state index contributed by atoms with van der Waals surface area (Å²) in [5.74, 6) is 0.127. The highest BCUT2D eigenvalue weighted by Gasteiger charge is 2.46. The zero-order valence-electron chi connectivity index (χ0n) is 12.8. The predicted molar refractivity (Wildman–Crippen MR) is 84.4 cm³/mol. The standard InChI is InChI=1S/C16H24N2O2S/c1-13(2)17-10-15-8-9-16(11-17)18(15)21(19,20)12-14-6-4-3-5-7-14/h3-7,13,15-16H,8-12H2,1-2H3. The van der Waals surface area contributed by atoms with Crippen molar-refractivity contribution < 1.29 is 8.42 Å². The smallest absolute Gasteiger partial charge is 0.218 e. The molecule has 3 rings (SSSR count). The van der Waals surface area contributed by atoms with Gasteiger partial charge >= 0.3 is 0 Å². The summed E-state index contributed by atoms with van der Waals surface area (Å²) in [6.07, 6.45) is 2.00. The lowest BCUT2D eigenvalue weighted by molar-refractivity contribution is 0.103. The summed E-state index contributed by atoms with van der Waals surface area (Å²) < 4.78 is 27.4. The average molecular weight is 308 g/mol. The molecule has 1 aromatic carbocycles. The molecule has 0 radical (unpaired) electrons. The van der Waals surface area contributed by atoms with Crippen LogP contribution in [-0.2, 0) is 15.8 Å². The second-order valence-corrected chi connectivity index (χ2v) is 8.38. The lowest BCUT2D eigenvalue weighted by Gasteiger charge is -2.41. The van der Waals surface area contributed by atoms with E-state index in [0.29, 0.717) is 6.04 Å². The largest absolute Gasteiger partial charge is 0.298 e. The quantitative estimate of drug-likeness (QED) is 0.855. The van der Waals surface area contributed by atoms with Gasteiger partial charge in [-0.1, -0.05) is 30.3 Å². The van der Waals surface area contributed by atoms with Crippen LogP contribution in [-0.4, -0.2) is 48.8 Å². The maximum atomic E-state index is 12.8. The van der Waals surface area contributed by atoms with Crippen LogP contribution >= 0.6 is 0 Å². The number of benzene rings is 1. The van der Waals surface area contributed by atoms with Crippen molar-refractivity contribution in [1.82, 2.24) is 9.21 Å². The molecule has 0 spiro atoms. The Bertz CT molecular complexity index is 572. The molecular weight excluding hydrogens is 284 g/mol. The van der Waals surface area contributed by atoms with Crippen molar-refractivity contribution in [2.75, 3.05) is 13.1 Å². The molecule has 0 saturated carbocycles. The van der Waals surface area contributed by atoms with Gasteiger partial charge in [0.25, 0.3) is 0 Å². The second-order valence-electron chi connectivity index (χ2n) is 6.50. The maximum absolute atomic E-state index is 12.8. The summed E-state index contributed by atoms with van der Waals surface area (Å²) >= 11 is 0. The van der Waals surface area contributed by atoms with Gasteiger partial charge in [-0.15, -0.1) is 0 Å². The van der Waals surface area contributed by atoms with Crippen LogP contribution in [0.5, 0.6) is 0 Å². The molecule has 0 N–H and O–H groups in total. The summed E-state index contributed by atoms with van der Waals surface area (Å²) in [7, 11) is -3.21. The van der Waals surface area contributed by atoms with E-state index in [0.717, 1.165) is 31.5 Å².